The Balaban J connectivity index is 2.15. The van der Waals surface area contributed by atoms with Crippen molar-refractivity contribution in [2.24, 2.45) is 5.73 Å². The molecule has 2 N–H and O–H groups in total. The summed E-state index contributed by atoms with van der Waals surface area (Å²) in [5, 5.41) is 0.514. The number of aryl methyl sites for hydroxylation is 2. The highest BCUT2D eigenvalue weighted by Gasteiger charge is 2.06. The highest BCUT2D eigenvalue weighted by molar-refractivity contribution is 7.80. The van der Waals surface area contributed by atoms with Crippen molar-refractivity contribution in [3.63, 3.8) is 0 Å². The van der Waals surface area contributed by atoms with Gasteiger partial charge >= 0.3 is 0 Å². The monoisotopic (exact) mass is 305 g/mol. The van der Waals surface area contributed by atoms with E-state index in [1.165, 1.54) is 11.1 Å². The summed E-state index contributed by atoms with van der Waals surface area (Å²) < 4.78 is 5.78. The Labute approximate surface area is 129 Å². The molecular formula is C16H16ClNOS. The molecule has 0 saturated carbocycles. The van der Waals surface area contributed by atoms with Gasteiger partial charge in [-0.1, -0.05) is 47.6 Å². The third kappa shape index (κ3) is 3.50. The molecule has 0 saturated heterocycles. The van der Waals surface area contributed by atoms with E-state index >= 15 is 0 Å². The molecule has 2 rings (SSSR count). The molecule has 0 aliphatic carbocycles. The Kier molecular flexibility index (Phi) is 4.63. The van der Waals surface area contributed by atoms with E-state index in [2.05, 4.69) is 32.0 Å². The summed E-state index contributed by atoms with van der Waals surface area (Å²) in [6.45, 7) is 4.61. The normalized spacial score (nSPS) is 10.3. The Morgan fingerprint density at radius 2 is 1.95 bits per heavy atom. The Bertz CT molecular complexity index is 655. The van der Waals surface area contributed by atoms with Crippen molar-refractivity contribution in [3.8, 4) is 5.75 Å². The molecule has 4 heteroatoms. The van der Waals surface area contributed by atoms with Gasteiger partial charge in [-0.2, -0.15) is 0 Å². The lowest BCUT2D eigenvalue weighted by atomic mass is 10.1. The fourth-order valence-electron chi connectivity index (χ4n) is 1.88. The standard InChI is InChI=1S/C16H16ClNOS/c1-10-3-4-11(2)13(7-10)9-19-15-6-5-12(16(18)20)8-14(15)17/h3-8H,9H2,1-2H3,(H2,18,20). The topological polar surface area (TPSA) is 35.2 Å². The maximum Gasteiger partial charge on any atom is 0.138 e. The van der Waals surface area contributed by atoms with E-state index in [0.29, 0.717) is 22.4 Å². The Morgan fingerprint density at radius 1 is 1.20 bits per heavy atom. The van der Waals surface area contributed by atoms with Crippen LogP contribution in [0.5, 0.6) is 5.75 Å². The number of hydrogen-bond donors (Lipinski definition) is 1. The second-order valence-electron chi connectivity index (χ2n) is 4.73. The average Bonchev–Trinajstić information content (AvgIpc) is 2.40. The summed E-state index contributed by atoms with van der Waals surface area (Å²) in [6.07, 6.45) is 0. The van der Waals surface area contributed by atoms with Crippen LogP contribution in [0.25, 0.3) is 0 Å². The van der Waals surface area contributed by atoms with Gasteiger partial charge in [0.2, 0.25) is 0 Å². The van der Waals surface area contributed by atoms with E-state index in [1.54, 1.807) is 12.1 Å². The fraction of sp³-hybridized carbons (Fsp3) is 0.188. The first-order chi connectivity index (χ1) is 9.47. The zero-order chi connectivity index (χ0) is 14.7. The molecule has 2 aromatic carbocycles. The first-order valence-electron chi connectivity index (χ1n) is 6.25. The maximum atomic E-state index is 6.17. The molecular weight excluding hydrogens is 290 g/mol. The van der Waals surface area contributed by atoms with Crippen LogP contribution in [0.2, 0.25) is 5.02 Å². The molecule has 0 aliphatic heterocycles. The van der Waals surface area contributed by atoms with Crippen molar-refractivity contribution in [1.29, 1.82) is 0 Å². The lowest BCUT2D eigenvalue weighted by Gasteiger charge is -2.11. The van der Waals surface area contributed by atoms with Crippen LogP contribution in [0.3, 0.4) is 0 Å². The molecule has 0 heterocycles. The molecule has 0 atom stereocenters. The fourth-order valence-corrected chi connectivity index (χ4v) is 2.24. The van der Waals surface area contributed by atoms with Gasteiger partial charge in [0.1, 0.15) is 17.3 Å². The Morgan fingerprint density at radius 3 is 2.60 bits per heavy atom. The van der Waals surface area contributed by atoms with Crippen molar-refractivity contribution < 1.29 is 4.74 Å². The van der Waals surface area contributed by atoms with Crippen LogP contribution < -0.4 is 10.5 Å². The average molecular weight is 306 g/mol. The second-order valence-corrected chi connectivity index (χ2v) is 5.58. The molecule has 0 fully saturated rings. The van der Waals surface area contributed by atoms with Crippen LogP contribution in [0.15, 0.2) is 36.4 Å². The number of halogens is 1. The summed E-state index contributed by atoms with van der Waals surface area (Å²) in [4.78, 5) is 0.327. The highest BCUT2D eigenvalue weighted by atomic mass is 35.5. The summed E-state index contributed by atoms with van der Waals surface area (Å²) >= 11 is 11.1. The lowest BCUT2D eigenvalue weighted by molar-refractivity contribution is 0.305. The molecule has 0 aromatic heterocycles. The smallest absolute Gasteiger partial charge is 0.138 e. The van der Waals surface area contributed by atoms with Crippen LogP contribution >= 0.6 is 23.8 Å². The third-order valence-electron chi connectivity index (χ3n) is 3.10. The first-order valence-corrected chi connectivity index (χ1v) is 7.04. The molecule has 2 aromatic rings. The predicted octanol–water partition coefficient (Wildman–Crippen LogP) is 4.17. The van der Waals surface area contributed by atoms with Gasteiger partial charge in [-0.25, -0.2) is 0 Å². The van der Waals surface area contributed by atoms with Gasteiger partial charge in [-0.05, 0) is 43.2 Å². The number of benzene rings is 2. The molecule has 0 radical (unpaired) electrons. The minimum Gasteiger partial charge on any atom is -0.487 e. The van der Waals surface area contributed by atoms with Crippen LogP contribution in [0, 0.1) is 13.8 Å². The third-order valence-corrected chi connectivity index (χ3v) is 3.64. The summed E-state index contributed by atoms with van der Waals surface area (Å²) in [5.41, 5.74) is 9.87. The summed E-state index contributed by atoms with van der Waals surface area (Å²) in [7, 11) is 0. The molecule has 0 amide bonds. The molecule has 0 aliphatic rings. The summed E-state index contributed by atoms with van der Waals surface area (Å²) in [6, 6.07) is 11.6. The van der Waals surface area contributed by atoms with Crippen LogP contribution in [0.4, 0.5) is 0 Å². The largest absolute Gasteiger partial charge is 0.487 e. The minimum atomic E-state index is 0.327. The quantitative estimate of drug-likeness (QED) is 0.861. The lowest BCUT2D eigenvalue weighted by Crippen LogP contribution is -2.09. The Hall–Kier alpha value is -1.58. The van der Waals surface area contributed by atoms with Gasteiger partial charge in [0.15, 0.2) is 0 Å². The van der Waals surface area contributed by atoms with E-state index in [1.807, 2.05) is 6.07 Å². The molecule has 20 heavy (non-hydrogen) atoms. The maximum absolute atomic E-state index is 6.17. The van der Waals surface area contributed by atoms with Crippen molar-refractivity contribution in [2.75, 3.05) is 0 Å². The van der Waals surface area contributed by atoms with Crippen molar-refractivity contribution in [2.45, 2.75) is 20.5 Å². The zero-order valence-electron chi connectivity index (χ0n) is 11.4. The van der Waals surface area contributed by atoms with Crippen LogP contribution in [-0.2, 0) is 6.61 Å². The van der Waals surface area contributed by atoms with E-state index in [0.717, 1.165) is 11.1 Å². The molecule has 104 valence electrons. The van der Waals surface area contributed by atoms with Crippen LogP contribution in [-0.4, -0.2) is 4.99 Å². The molecule has 0 unspecified atom stereocenters. The van der Waals surface area contributed by atoms with Gasteiger partial charge in [0, 0.05) is 5.56 Å². The van der Waals surface area contributed by atoms with Gasteiger partial charge in [-0.15, -0.1) is 0 Å². The second kappa shape index (κ2) is 6.25. The van der Waals surface area contributed by atoms with E-state index in [4.69, 9.17) is 34.3 Å². The first kappa shape index (κ1) is 14.8. The van der Waals surface area contributed by atoms with E-state index < -0.39 is 0 Å². The predicted molar refractivity (Wildman–Crippen MR) is 87.6 cm³/mol. The van der Waals surface area contributed by atoms with Gasteiger partial charge in [-0.3, -0.25) is 0 Å². The number of thiocarbonyl (C=S) groups is 1. The van der Waals surface area contributed by atoms with E-state index in [-0.39, 0.29) is 0 Å². The highest BCUT2D eigenvalue weighted by Crippen LogP contribution is 2.26. The van der Waals surface area contributed by atoms with Crippen molar-refractivity contribution in [3.05, 3.63) is 63.7 Å². The number of rotatable bonds is 4. The van der Waals surface area contributed by atoms with Crippen molar-refractivity contribution in [1.82, 2.24) is 0 Å². The summed E-state index contributed by atoms with van der Waals surface area (Å²) in [5.74, 6) is 0.632. The minimum absolute atomic E-state index is 0.327. The SMILES string of the molecule is Cc1ccc(C)c(COc2ccc(C(N)=S)cc2Cl)c1. The van der Waals surface area contributed by atoms with Gasteiger partial charge in [0.05, 0.1) is 5.02 Å². The number of hydrogen-bond acceptors (Lipinski definition) is 2. The van der Waals surface area contributed by atoms with E-state index in [9.17, 15) is 0 Å². The van der Waals surface area contributed by atoms with Crippen LogP contribution in [0.1, 0.15) is 22.3 Å². The number of nitrogens with two attached hydrogens (primary N) is 1. The molecule has 0 spiro atoms. The van der Waals surface area contributed by atoms with Gasteiger partial charge < -0.3 is 10.5 Å². The van der Waals surface area contributed by atoms with Crippen molar-refractivity contribution >= 4 is 28.8 Å². The molecule has 0 bridgehead atoms. The molecule has 2 nitrogen and oxygen atoms in total. The number of ether oxygens (including phenoxy) is 1. The van der Waals surface area contributed by atoms with Gasteiger partial charge in [0.25, 0.3) is 0 Å². The zero-order valence-corrected chi connectivity index (χ0v) is 13.0.